The monoisotopic (exact) mass is 614 g/mol. The van der Waals surface area contributed by atoms with Gasteiger partial charge in [-0.05, 0) is 126 Å². The third kappa shape index (κ3) is 8.08. The van der Waals surface area contributed by atoms with E-state index in [-0.39, 0.29) is 30.0 Å². The lowest BCUT2D eigenvalue weighted by Crippen LogP contribution is -2.44. The second-order valence-electron chi connectivity index (χ2n) is 13.2. The van der Waals surface area contributed by atoms with Crippen LogP contribution in [0.15, 0.2) is 54.9 Å². The number of nitrogens with one attached hydrogen (secondary N) is 1. The lowest BCUT2D eigenvalue weighted by Gasteiger charge is -2.36. The third-order valence-electron chi connectivity index (χ3n) is 9.74. The van der Waals surface area contributed by atoms with Crippen molar-refractivity contribution in [3.63, 3.8) is 0 Å². The van der Waals surface area contributed by atoms with Crippen molar-refractivity contribution in [3.05, 3.63) is 66.0 Å². The zero-order valence-electron chi connectivity index (χ0n) is 27.6. The lowest BCUT2D eigenvalue weighted by molar-refractivity contribution is -0.123. The third-order valence-corrected chi connectivity index (χ3v) is 9.74. The van der Waals surface area contributed by atoms with Gasteiger partial charge in [0.1, 0.15) is 5.75 Å². The van der Waals surface area contributed by atoms with Crippen LogP contribution in [0.2, 0.25) is 0 Å². The van der Waals surface area contributed by atoms with Crippen molar-refractivity contribution in [2.45, 2.75) is 97.1 Å². The molecule has 0 atom stereocenters. The van der Waals surface area contributed by atoms with Crippen LogP contribution in [0.25, 0.3) is 11.1 Å². The van der Waals surface area contributed by atoms with Gasteiger partial charge in [0.15, 0.2) is 0 Å². The fourth-order valence-electron chi connectivity index (χ4n) is 7.08. The van der Waals surface area contributed by atoms with E-state index in [1.165, 1.54) is 11.1 Å². The Morgan fingerprint density at radius 3 is 2.40 bits per heavy atom. The summed E-state index contributed by atoms with van der Waals surface area (Å²) in [5.74, 6) is 2.06. The quantitative estimate of drug-likeness (QED) is 0.250. The first-order valence-electron chi connectivity index (χ1n) is 16.8. The van der Waals surface area contributed by atoms with Gasteiger partial charge in [-0.15, -0.1) is 0 Å². The minimum absolute atomic E-state index is 0.0549. The Labute approximate surface area is 268 Å². The van der Waals surface area contributed by atoms with Gasteiger partial charge in [-0.3, -0.25) is 9.48 Å². The summed E-state index contributed by atoms with van der Waals surface area (Å²) in [5, 5.41) is 7.51. The molecule has 5 rings (SSSR count). The van der Waals surface area contributed by atoms with Crippen LogP contribution < -0.4 is 15.0 Å². The summed E-state index contributed by atoms with van der Waals surface area (Å²) in [4.78, 5) is 28.4. The highest BCUT2D eigenvalue weighted by Crippen LogP contribution is 2.39. The Bertz CT molecular complexity index is 1430. The number of carbonyl (C=O) groups excluding carboxylic acids is 2. The predicted molar refractivity (Wildman–Crippen MR) is 179 cm³/mol. The number of ether oxygens (including phenoxy) is 2. The van der Waals surface area contributed by atoms with Crippen molar-refractivity contribution in [3.8, 4) is 16.9 Å². The number of nitrogens with zero attached hydrogens (tertiary/aromatic N) is 3. The Hall–Kier alpha value is -3.81. The molecule has 0 spiro atoms. The molecule has 2 saturated carbocycles. The molecule has 1 N–H and O–H groups in total. The highest BCUT2D eigenvalue weighted by Gasteiger charge is 2.33. The molecule has 1 heterocycles. The van der Waals surface area contributed by atoms with E-state index in [1.807, 2.05) is 17.8 Å². The maximum absolute atomic E-state index is 14.3. The molecular formula is C37H50N4O4. The van der Waals surface area contributed by atoms with Gasteiger partial charge >= 0.3 is 6.09 Å². The van der Waals surface area contributed by atoms with Gasteiger partial charge in [0.25, 0.3) is 0 Å². The maximum atomic E-state index is 14.3. The summed E-state index contributed by atoms with van der Waals surface area (Å²) in [6, 6.07) is 15.3. The number of amides is 2. The molecule has 2 aliphatic carbocycles. The fraction of sp³-hybridized carbons (Fsp3) is 0.541. The fourth-order valence-corrected chi connectivity index (χ4v) is 7.08. The molecule has 8 heteroatoms. The molecule has 2 amide bonds. The molecule has 0 aliphatic heterocycles. The number of methoxy groups -OCH3 is 1. The number of alkyl carbamates (subject to hydrolysis) is 1. The molecular weight excluding hydrogens is 564 g/mol. The Morgan fingerprint density at radius 1 is 1.00 bits per heavy atom. The zero-order valence-corrected chi connectivity index (χ0v) is 27.6. The van der Waals surface area contributed by atoms with E-state index in [0.29, 0.717) is 18.4 Å². The van der Waals surface area contributed by atoms with Crippen LogP contribution in [-0.4, -0.2) is 48.1 Å². The van der Waals surface area contributed by atoms with Crippen molar-refractivity contribution >= 4 is 17.7 Å². The van der Waals surface area contributed by atoms with E-state index < -0.39 is 0 Å². The van der Waals surface area contributed by atoms with Crippen molar-refractivity contribution in [2.75, 3.05) is 25.2 Å². The average molecular weight is 615 g/mol. The summed E-state index contributed by atoms with van der Waals surface area (Å²) in [6.07, 6.45) is 11.1. The Kier molecular flexibility index (Phi) is 10.8. The molecule has 2 aromatic carbocycles. The average Bonchev–Trinajstić information content (AvgIpc) is 3.55. The Morgan fingerprint density at radius 2 is 1.76 bits per heavy atom. The molecule has 0 radical (unpaired) electrons. The molecule has 2 aliphatic rings. The summed E-state index contributed by atoms with van der Waals surface area (Å²) in [7, 11) is 1.72. The van der Waals surface area contributed by atoms with Crippen LogP contribution in [-0.2, 0) is 9.53 Å². The van der Waals surface area contributed by atoms with Gasteiger partial charge in [0.2, 0.25) is 5.91 Å². The number of hydrogen-bond donors (Lipinski definition) is 1. The first-order valence-corrected chi connectivity index (χ1v) is 16.8. The summed E-state index contributed by atoms with van der Waals surface area (Å²) in [6.45, 7) is 9.24. The summed E-state index contributed by atoms with van der Waals surface area (Å²) >= 11 is 0. The van der Waals surface area contributed by atoms with Crippen molar-refractivity contribution in [2.24, 2.45) is 11.8 Å². The number of anilines is 1. The molecule has 0 saturated heterocycles. The molecule has 1 aromatic heterocycles. The van der Waals surface area contributed by atoms with Gasteiger partial charge in [-0.25, -0.2) is 4.79 Å². The number of carbonyl (C=O) groups is 2. The first kappa shape index (κ1) is 32.6. The molecule has 8 nitrogen and oxygen atoms in total. The highest BCUT2D eigenvalue weighted by molar-refractivity contribution is 5.95. The van der Waals surface area contributed by atoms with Crippen LogP contribution in [0.3, 0.4) is 0 Å². The van der Waals surface area contributed by atoms with E-state index in [2.05, 4.69) is 84.7 Å². The molecule has 2 fully saturated rings. The van der Waals surface area contributed by atoms with E-state index in [1.54, 1.807) is 7.11 Å². The van der Waals surface area contributed by atoms with Crippen LogP contribution in [0.4, 0.5) is 10.5 Å². The number of hydrogen-bond acceptors (Lipinski definition) is 5. The number of aromatic nitrogens is 2. The van der Waals surface area contributed by atoms with E-state index in [9.17, 15) is 9.59 Å². The van der Waals surface area contributed by atoms with E-state index in [4.69, 9.17) is 9.47 Å². The smallest absolute Gasteiger partial charge is 0.407 e. The van der Waals surface area contributed by atoms with Crippen LogP contribution in [0.5, 0.6) is 5.75 Å². The second kappa shape index (κ2) is 15.0. The van der Waals surface area contributed by atoms with Crippen LogP contribution >= 0.6 is 0 Å². The minimum atomic E-state index is -0.369. The number of aryl methyl sites for hydroxylation is 1. The lowest BCUT2D eigenvalue weighted by atomic mass is 9.78. The van der Waals surface area contributed by atoms with Crippen LogP contribution in [0.1, 0.15) is 95.2 Å². The summed E-state index contributed by atoms with van der Waals surface area (Å²) < 4.78 is 12.5. The first-order chi connectivity index (χ1) is 21.7. The summed E-state index contributed by atoms with van der Waals surface area (Å²) in [5.41, 5.74) is 5.65. The maximum Gasteiger partial charge on any atom is 0.407 e. The zero-order chi connectivity index (χ0) is 31.9. The molecule has 0 unspecified atom stereocenters. The molecule has 0 bridgehead atoms. The van der Waals surface area contributed by atoms with Crippen molar-refractivity contribution in [1.29, 1.82) is 0 Å². The van der Waals surface area contributed by atoms with Gasteiger partial charge in [-0.2, -0.15) is 5.10 Å². The number of benzene rings is 2. The van der Waals surface area contributed by atoms with Gasteiger partial charge in [0, 0.05) is 42.0 Å². The molecule has 45 heavy (non-hydrogen) atoms. The minimum Gasteiger partial charge on any atom is -0.496 e. The standard InChI is InChI=1S/C37H50N4O4/c1-6-45-37(43)39-33-17-14-29(15-18-33)36(42)40(34-9-7-8-30(21-34)32-22-38-41(24-32)25(2)3)23-27-10-12-28(13-11-27)31-16-19-35(44-5)26(4)20-31/h7-9,16,19-22,24-25,27-29,33H,6,10-15,17-18,23H2,1-5H3,(H,39,43). The molecule has 3 aromatic rings. The largest absolute Gasteiger partial charge is 0.496 e. The Balaban J connectivity index is 1.31. The van der Waals surface area contributed by atoms with Gasteiger partial charge in [-0.1, -0.05) is 24.3 Å². The van der Waals surface area contributed by atoms with E-state index >= 15 is 0 Å². The number of rotatable bonds is 10. The second-order valence-corrected chi connectivity index (χ2v) is 13.2. The van der Waals surface area contributed by atoms with Crippen molar-refractivity contribution in [1.82, 2.24) is 15.1 Å². The predicted octanol–water partition coefficient (Wildman–Crippen LogP) is 8.06. The van der Waals surface area contributed by atoms with E-state index in [0.717, 1.165) is 80.5 Å². The topological polar surface area (TPSA) is 85.7 Å². The van der Waals surface area contributed by atoms with Crippen molar-refractivity contribution < 1.29 is 19.1 Å². The normalized spacial score (nSPS) is 21.7. The SMILES string of the molecule is CCOC(=O)NC1CCC(C(=O)N(CC2CCC(c3ccc(OC)c(C)c3)CC2)c2cccc(-c3cnn(C(C)C)c3)c2)CC1. The highest BCUT2D eigenvalue weighted by atomic mass is 16.5. The van der Waals surface area contributed by atoms with Gasteiger partial charge in [0.05, 0.1) is 19.9 Å². The van der Waals surface area contributed by atoms with Crippen LogP contribution in [0, 0.1) is 18.8 Å². The molecule has 242 valence electrons. The van der Waals surface area contributed by atoms with Gasteiger partial charge < -0.3 is 19.7 Å².